The van der Waals surface area contributed by atoms with E-state index in [1.807, 2.05) is 0 Å². The molecule has 2 heteroatoms. The van der Waals surface area contributed by atoms with Crippen LogP contribution in [0.5, 0.6) is 0 Å². The Morgan fingerprint density at radius 3 is 1.12 bits per heavy atom. The minimum atomic E-state index is -2.32. The third-order valence-electron chi connectivity index (χ3n) is 5.66. The Morgan fingerprint density at radius 2 is 0.781 bits per heavy atom. The highest BCUT2D eigenvalue weighted by molar-refractivity contribution is 5.08. The van der Waals surface area contributed by atoms with Crippen LogP contribution in [0.4, 0.5) is 8.78 Å². The molecular weight excluding hydrogens is 398 g/mol. The number of hydrogen-bond donors (Lipinski definition) is 0. The normalized spacial score (nSPS) is 14.4. The van der Waals surface area contributed by atoms with Crippen molar-refractivity contribution in [2.24, 2.45) is 0 Å². The molecular formula is C30H48F2. The molecule has 182 valence electrons. The molecule has 0 rings (SSSR count). The quantitative estimate of drug-likeness (QED) is 0.163. The maximum atomic E-state index is 12.5. The third-order valence-corrected chi connectivity index (χ3v) is 5.66. The van der Waals surface area contributed by atoms with Crippen molar-refractivity contribution < 1.29 is 8.78 Å². The van der Waals surface area contributed by atoms with Crippen molar-refractivity contribution in [3.05, 3.63) is 69.9 Å². The van der Waals surface area contributed by atoms with Crippen LogP contribution in [0.3, 0.4) is 0 Å². The fourth-order valence-corrected chi connectivity index (χ4v) is 3.37. The minimum absolute atomic E-state index is 0.183. The molecule has 0 unspecified atom stereocenters. The highest BCUT2D eigenvalue weighted by atomic mass is 19.3. The Bertz CT molecular complexity index is 692. The second kappa shape index (κ2) is 18.8. The first-order valence-electron chi connectivity index (χ1n) is 12.3. The van der Waals surface area contributed by atoms with Crippen LogP contribution in [-0.2, 0) is 0 Å². The van der Waals surface area contributed by atoms with Crippen LogP contribution in [0.25, 0.3) is 0 Å². The van der Waals surface area contributed by atoms with Crippen molar-refractivity contribution in [2.75, 3.05) is 0 Å². The van der Waals surface area contributed by atoms with Crippen LogP contribution >= 0.6 is 0 Å². The highest BCUT2D eigenvalue weighted by Gasteiger charge is 2.03. The molecule has 0 saturated carbocycles. The van der Waals surface area contributed by atoms with Crippen LogP contribution in [0.15, 0.2) is 69.9 Å². The number of hydrogen-bond acceptors (Lipinski definition) is 0. The molecule has 0 aromatic heterocycles. The summed E-state index contributed by atoms with van der Waals surface area (Å²) in [5.41, 5.74) is 7.29. The van der Waals surface area contributed by atoms with E-state index in [9.17, 15) is 8.78 Å². The SMILES string of the molecule is CC(C)=CCC/C(C)=C/CC/C(C)=C/CC/C=C(\C)CC/C=C(\C)CC/C=C(\C)C(F)F. The molecule has 0 N–H and O–H groups in total. The molecule has 0 aromatic carbocycles. The molecule has 0 aromatic rings. The number of unbranched alkanes of at least 4 members (excludes halogenated alkanes) is 1. The second-order valence-electron chi connectivity index (χ2n) is 9.46. The lowest BCUT2D eigenvalue weighted by Crippen LogP contribution is -1.91. The molecule has 32 heavy (non-hydrogen) atoms. The van der Waals surface area contributed by atoms with E-state index in [0.29, 0.717) is 6.42 Å². The van der Waals surface area contributed by atoms with E-state index in [1.165, 1.54) is 41.2 Å². The molecule has 0 atom stereocenters. The minimum Gasteiger partial charge on any atom is -0.205 e. The second-order valence-corrected chi connectivity index (χ2v) is 9.46. The molecule has 0 bridgehead atoms. The van der Waals surface area contributed by atoms with E-state index < -0.39 is 6.43 Å². The summed E-state index contributed by atoms with van der Waals surface area (Å²) in [7, 11) is 0. The zero-order chi connectivity index (χ0) is 24.4. The Hall–Kier alpha value is -1.70. The van der Waals surface area contributed by atoms with Gasteiger partial charge in [-0.25, -0.2) is 8.78 Å². The molecule has 0 fully saturated rings. The summed E-state index contributed by atoms with van der Waals surface area (Å²) < 4.78 is 24.9. The Kier molecular flexibility index (Phi) is 17.8. The molecule has 0 saturated heterocycles. The Balaban J connectivity index is 4.10. The Labute approximate surface area is 198 Å². The van der Waals surface area contributed by atoms with Crippen LogP contribution in [0.1, 0.15) is 113 Å². The van der Waals surface area contributed by atoms with Gasteiger partial charge in [-0.1, -0.05) is 64.3 Å². The predicted octanol–water partition coefficient (Wildman–Crippen LogP) is 10.9. The lowest BCUT2D eigenvalue weighted by molar-refractivity contribution is 0.189. The van der Waals surface area contributed by atoms with E-state index in [0.717, 1.165) is 51.4 Å². The zero-order valence-electron chi connectivity index (χ0n) is 21.9. The van der Waals surface area contributed by atoms with Gasteiger partial charge in [-0.05, 0) is 118 Å². The summed E-state index contributed by atoms with van der Waals surface area (Å²) >= 11 is 0. The van der Waals surface area contributed by atoms with Gasteiger partial charge in [0.2, 0.25) is 0 Å². The summed E-state index contributed by atoms with van der Waals surface area (Å²) in [6, 6.07) is 0. The van der Waals surface area contributed by atoms with Gasteiger partial charge in [-0.15, -0.1) is 0 Å². The summed E-state index contributed by atoms with van der Waals surface area (Å²) in [5.74, 6) is 0. The maximum Gasteiger partial charge on any atom is 0.259 e. The zero-order valence-corrected chi connectivity index (χ0v) is 21.9. The van der Waals surface area contributed by atoms with Gasteiger partial charge in [0.25, 0.3) is 6.43 Å². The Morgan fingerprint density at radius 1 is 0.469 bits per heavy atom. The largest absolute Gasteiger partial charge is 0.259 e. The summed E-state index contributed by atoms with van der Waals surface area (Å²) in [5, 5.41) is 0. The number of alkyl halides is 2. The standard InChI is InChI=1S/C30H48F2/c1-24(2)14-10-17-27(5)20-11-18-25(3)15-8-9-16-26(4)19-12-21-28(6)22-13-23-29(7)30(31)32/h14-16,20-21,23,30H,8-13,17-19,22H2,1-7H3/b25-15+,26-16+,27-20+,28-21+,29-23+. The molecule has 0 radical (unpaired) electrons. The monoisotopic (exact) mass is 446 g/mol. The number of rotatable bonds is 16. The van der Waals surface area contributed by atoms with Gasteiger partial charge in [0, 0.05) is 0 Å². The predicted molar refractivity (Wildman–Crippen MR) is 140 cm³/mol. The first kappa shape index (κ1) is 30.3. The molecule has 0 nitrogen and oxygen atoms in total. The van der Waals surface area contributed by atoms with E-state index in [2.05, 4.69) is 71.9 Å². The van der Waals surface area contributed by atoms with Crippen LogP contribution < -0.4 is 0 Å². The summed E-state index contributed by atoms with van der Waals surface area (Å²) in [6.07, 6.45) is 21.5. The average Bonchev–Trinajstić information content (AvgIpc) is 2.70. The molecule has 0 aliphatic heterocycles. The lowest BCUT2D eigenvalue weighted by atomic mass is 10.0. The first-order chi connectivity index (χ1) is 15.1. The van der Waals surface area contributed by atoms with Crippen LogP contribution in [0, 0.1) is 0 Å². The molecule has 0 aliphatic carbocycles. The topological polar surface area (TPSA) is 0 Å². The average molecular weight is 447 g/mol. The van der Waals surface area contributed by atoms with Crippen molar-refractivity contribution in [1.29, 1.82) is 0 Å². The van der Waals surface area contributed by atoms with Crippen molar-refractivity contribution >= 4 is 0 Å². The summed E-state index contributed by atoms with van der Waals surface area (Å²) in [4.78, 5) is 0. The van der Waals surface area contributed by atoms with Crippen molar-refractivity contribution in [1.82, 2.24) is 0 Å². The van der Waals surface area contributed by atoms with Gasteiger partial charge in [-0.2, -0.15) is 0 Å². The van der Waals surface area contributed by atoms with E-state index in [4.69, 9.17) is 0 Å². The summed E-state index contributed by atoms with van der Waals surface area (Å²) in [6.45, 7) is 14.6. The van der Waals surface area contributed by atoms with Crippen molar-refractivity contribution in [3.8, 4) is 0 Å². The first-order valence-corrected chi connectivity index (χ1v) is 12.3. The van der Waals surface area contributed by atoms with Gasteiger partial charge < -0.3 is 0 Å². The molecule has 0 aliphatic rings. The van der Waals surface area contributed by atoms with E-state index >= 15 is 0 Å². The highest BCUT2D eigenvalue weighted by Crippen LogP contribution is 2.15. The van der Waals surface area contributed by atoms with Gasteiger partial charge in [-0.3, -0.25) is 0 Å². The number of allylic oxidation sites excluding steroid dienone is 12. The van der Waals surface area contributed by atoms with Gasteiger partial charge >= 0.3 is 0 Å². The van der Waals surface area contributed by atoms with Crippen LogP contribution in [-0.4, -0.2) is 6.43 Å². The fraction of sp³-hybridized carbons (Fsp3) is 0.600. The lowest BCUT2D eigenvalue weighted by Gasteiger charge is -2.03. The van der Waals surface area contributed by atoms with Crippen molar-refractivity contribution in [2.45, 2.75) is 119 Å². The van der Waals surface area contributed by atoms with Gasteiger partial charge in [0.15, 0.2) is 0 Å². The van der Waals surface area contributed by atoms with E-state index in [1.54, 1.807) is 6.08 Å². The molecule has 0 amide bonds. The van der Waals surface area contributed by atoms with Gasteiger partial charge in [0.05, 0.1) is 0 Å². The molecule has 0 heterocycles. The van der Waals surface area contributed by atoms with Gasteiger partial charge in [0.1, 0.15) is 0 Å². The van der Waals surface area contributed by atoms with Crippen LogP contribution in [0.2, 0.25) is 0 Å². The molecule has 0 spiro atoms. The van der Waals surface area contributed by atoms with E-state index in [-0.39, 0.29) is 5.57 Å². The third kappa shape index (κ3) is 19.0. The van der Waals surface area contributed by atoms with Crippen molar-refractivity contribution in [3.63, 3.8) is 0 Å². The smallest absolute Gasteiger partial charge is 0.205 e. The number of halogens is 2. The maximum absolute atomic E-state index is 12.5. The fourth-order valence-electron chi connectivity index (χ4n) is 3.37.